The molecule has 0 amide bonds. The number of carboxylic acids is 1. The molecule has 0 saturated carbocycles. The molecule has 0 fully saturated rings. The fraction of sp³-hybridized carbons (Fsp3) is 0.118. The summed E-state index contributed by atoms with van der Waals surface area (Å²) in [5, 5.41) is 17.0. The number of carbonyl (C=O) groups is 1. The molecule has 0 bridgehead atoms. The fourth-order valence-electron chi connectivity index (χ4n) is 2.38. The molecule has 5 nitrogen and oxygen atoms in total. The predicted octanol–water partition coefficient (Wildman–Crippen LogP) is 3.14. The van der Waals surface area contributed by atoms with Gasteiger partial charge in [0.2, 0.25) is 0 Å². The second kappa shape index (κ2) is 6.00. The maximum atomic E-state index is 13.0. The summed E-state index contributed by atoms with van der Waals surface area (Å²) in [6, 6.07) is 11.0. The van der Waals surface area contributed by atoms with Gasteiger partial charge in [0.25, 0.3) is 0 Å². The number of aryl methyl sites for hydroxylation is 1. The van der Waals surface area contributed by atoms with Crippen LogP contribution in [0.1, 0.15) is 21.5 Å². The second-order valence-electron chi connectivity index (χ2n) is 5.24. The van der Waals surface area contributed by atoms with Crippen LogP contribution in [-0.2, 0) is 6.54 Å². The third kappa shape index (κ3) is 3.11. The van der Waals surface area contributed by atoms with Crippen molar-refractivity contribution >= 4 is 5.97 Å². The molecular weight excluding hydrogens is 297 g/mol. The Bertz CT molecular complexity index is 857. The van der Waals surface area contributed by atoms with Gasteiger partial charge in [-0.1, -0.05) is 6.07 Å². The molecule has 0 spiro atoms. The lowest BCUT2D eigenvalue weighted by Gasteiger charge is -2.10. The van der Waals surface area contributed by atoms with Crippen LogP contribution in [0.3, 0.4) is 0 Å². The van der Waals surface area contributed by atoms with Crippen LogP contribution in [0.5, 0.6) is 0 Å². The van der Waals surface area contributed by atoms with Crippen LogP contribution in [0.25, 0.3) is 11.4 Å². The lowest BCUT2D eigenvalue weighted by atomic mass is 10.0. The Labute approximate surface area is 132 Å². The number of rotatable bonds is 4. The number of halogens is 1. The highest BCUT2D eigenvalue weighted by molar-refractivity contribution is 5.87. The number of carboxylic acid groups (broad SMARTS) is 1. The molecule has 3 aromatic rings. The van der Waals surface area contributed by atoms with Crippen molar-refractivity contribution in [1.82, 2.24) is 14.8 Å². The first-order valence-corrected chi connectivity index (χ1v) is 7.01. The van der Waals surface area contributed by atoms with Crippen LogP contribution in [0.2, 0.25) is 0 Å². The second-order valence-corrected chi connectivity index (χ2v) is 5.24. The quantitative estimate of drug-likeness (QED) is 0.803. The van der Waals surface area contributed by atoms with Gasteiger partial charge in [0, 0.05) is 5.56 Å². The van der Waals surface area contributed by atoms with Gasteiger partial charge in [-0.2, -0.15) is 0 Å². The van der Waals surface area contributed by atoms with Crippen LogP contribution in [-0.4, -0.2) is 25.8 Å². The van der Waals surface area contributed by atoms with Gasteiger partial charge in [-0.3, -0.25) is 0 Å². The predicted molar refractivity (Wildman–Crippen MR) is 82.7 cm³/mol. The van der Waals surface area contributed by atoms with E-state index in [-0.39, 0.29) is 11.4 Å². The smallest absolute Gasteiger partial charge is 0.335 e. The van der Waals surface area contributed by atoms with E-state index in [9.17, 15) is 9.18 Å². The molecule has 1 aromatic heterocycles. The SMILES string of the molecule is Cc1cc(C(=O)O)ccc1Cn1cnnc1-c1ccc(F)cc1. The van der Waals surface area contributed by atoms with Crippen LogP contribution in [0.15, 0.2) is 48.8 Å². The number of nitrogens with zero attached hydrogens (tertiary/aromatic N) is 3. The molecule has 0 saturated heterocycles. The zero-order valence-corrected chi connectivity index (χ0v) is 12.4. The molecule has 0 unspecified atom stereocenters. The summed E-state index contributed by atoms with van der Waals surface area (Å²) in [7, 11) is 0. The number of hydrogen-bond acceptors (Lipinski definition) is 3. The highest BCUT2D eigenvalue weighted by Gasteiger charge is 2.10. The normalized spacial score (nSPS) is 10.7. The summed E-state index contributed by atoms with van der Waals surface area (Å²) in [5.74, 6) is -0.623. The monoisotopic (exact) mass is 311 g/mol. The van der Waals surface area contributed by atoms with Crippen LogP contribution in [0.4, 0.5) is 4.39 Å². The summed E-state index contributed by atoms with van der Waals surface area (Å²) in [5.41, 5.74) is 2.87. The highest BCUT2D eigenvalue weighted by atomic mass is 19.1. The molecule has 6 heteroatoms. The Balaban J connectivity index is 1.91. The molecule has 1 N–H and O–H groups in total. The zero-order chi connectivity index (χ0) is 16.4. The van der Waals surface area contributed by atoms with Gasteiger partial charge in [-0.25, -0.2) is 9.18 Å². The van der Waals surface area contributed by atoms with E-state index in [1.807, 2.05) is 11.5 Å². The lowest BCUT2D eigenvalue weighted by molar-refractivity contribution is 0.0696. The van der Waals surface area contributed by atoms with Crippen molar-refractivity contribution in [3.05, 3.63) is 71.3 Å². The molecular formula is C17H14FN3O2. The molecule has 1 heterocycles. The molecule has 23 heavy (non-hydrogen) atoms. The first-order chi connectivity index (χ1) is 11.0. The van der Waals surface area contributed by atoms with Gasteiger partial charge in [0.15, 0.2) is 5.82 Å². The number of hydrogen-bond donors (Lipinski definition) is 1. The zero-order valence-electron chi connectivity index (χ0n) is 12.4. The van der Waals surface area contributed by atoms with E-state index in [0.29, 0.717) is 12.4 Å². The summed E-state index contributed by atoms with van der Waals surface area (Å²) >= 11 is 0. The Hall–Kier alpha value is -3.02. The first-order valence-electron chi connectivity index (χ1n) is 7.01. The van der Waals surface area contributed by atoms with E-state index in [1.54, 1.807) is 36.7 Å². The van der Waals surface area contributed by atoms with Gasteiger partial charge < -0.3 is 9.67 Å². The Morgan fingerprint density at radius 3 is 2.61 bits per heavy atom. The first kappa shape index (κ1) is 14.9. The van der Waals surface area contributed by atoms with Crippen LogP contribution >= 0.6 is 0 Å². The maximum absolute atomic E-state index is 13.0. The van der Waals surface area contributed by atoms with Crippen molar-refractivity contribution in [2.24, 2.45) is 0 Å². The van der Waals surface area contributed by atoms with Crippen molar-refractivity contribution in [3.63, 3.8) is 0 Å². The van der Waals surface area contributed by atoms with Crippen molar-refractivity contribution in [1.29, 1.82) is 0 Å². The molecule has 0 radical (unpaired) electrons. The van der Waals surface area contributed by atoms with Gasteiger partial charge >= 0.3 is 5.97 Å². The van der Waals surface area contributed by atoms with Crippen molar-refractivity contribution in [2.75, 3.05) is 0 Å². The Kier molecular flexibility index (Phi) is 3.89. The average Bonchev–Trinajstić information content (AvgIpc) is 2.98. The minimum Gasteiger partial charge on any atom is -0.478 e. The van der Waals surface area contributed by atoms with Crippen LogP contribution in [0, 0.1) is 12.7 Å². The maximum Gasteiger partial charge on any atom is 0.335 e. The fourth-order valence-corrected chi connectivity index (χ4v) is 2.38. The van der Waals surface area contributed by atoms with Gasteiger partial charge in [-0.05, 0) is 54.4 Å². The summed E-state index contributed by atoms with van der Waals surface area (Å²) in [6.07, 6.45) is 1.60. The summed E-state index contributed by atoms with van der Waals surface area (Å²) in [4.78, 5) is 11.0. The van der Waals surface area contributed by atoms with Crippen molar-refractivity contribution < 1.29 is 14.3 Å². The number of benzene rings is 2. The molecule has 2 aromatic carbocycles. The lowest BCUT2D eigenvalue weighted by Crippen LogP contribution is -2.04. The summed E-state index contributed by atoms with van der Waals surface area (Å²) in [6.45, 7) is 2.37. The Morgan fingerprint density at radius 2 is 1.96 bits per heavy atom. The molecule has 0 aliphatic rings. The third-order valence-corrected chi connectivity index (χ3v) is 3.65. The van der Waals surface area contributed by atoms with Crippen LogP contribution < -0.4 is 0 Å². The number of aromatic nitrogens is 3. The molecule has 0 atom stereocenters. The van der Waals surface area contributed by atoms with Gasteiger partial charge in [0.05, 0.1) is 12.1 Å². The van der Waals surface area contributed by atoms with E-state index < -0.39 is 5.97 Å². The minimum atomic E-state index is -0.948. The topological polar surface area (TPSA) is 68.0 Å². The van der Waals surface area contributed by atoms with Crippen molar-refractivity contribution in [2.45, 2.75) is 13.5 Å². The van der Waals surface area contributed by atoms with Crippen molar-refractivity contribution in [3.8, 4) is 11.4 Å². The average molecular weight is 311 g/mol. The molecule has 0 aliphatic heterocycles. The third-order valence-electron chi connectivity index (χ3n) is 3.65. The molecule has 116 valence electrons. The van der Waals surface area contributed by atoms with Gasteiger partial charge in [0.1, 0.15) is 12.1 Å². The van der Waals surface area contributed by atoms with E-state index >= 15 is 0 Å². The van der Waals surface area contributed by atoms with E-state index in [1.165, 1.54) is 12.1 Å². The van der Waals surface area contributed by atoms with E-state index in [0.717, 1.165) is 16.7 Å². The number of aromatic carboxylic acids is 1. The highest BCUT2D eigenvalue weighted by Crippen LogP contribution is 2.20. The van der Waals surface area contributed by atoms with E-state index in [4.69, 9.17) is 5.11 Å². The molecule has 3 rings (SSSR count). The largest absolute Gasteiger partial charge is 0.478 e. The summed E-state index contributed by atoms with van der Waals surface area (Å²) < 4.78 is 14.9. The van der Waals surface area contributed by atoms with E-state index in [2.05, 4.69) is 10.2 Å². The van der Waals surface area contributed by atoms with Gasteiger partial charge in [-0.15, -0.1) is 10.2 Å². The minimum absolute atomic E-state index is 0.258. The Morgan fingerprint density at radius 1 is 1.22 bits per heavy atom. The molecule has 0 aliphatic carbocycles. The standard InChI is InChI=1S/C17H14FN3O2/c1-11-8-13(17(22)23)2-3-14(11)9-21-10-19-20-16(21)12-4-6-15(18)7-5-12/h2-8,10H,9H2,1H3,(H,22,23).